The lowest BCUT2D eigenvalue weighted by atomic mass is 9.98. The third-order valence-electron chi connectivity index (χ3n) is 6.14. The smallest absolute Gasteiger partial charge is 0.407 e. The molecule has 0 aliphatic heterocycles. The van der Waals surface area contributed by atoms with Crippen LogP contribution in [0, 0.1) is 5.92 Å². The first-order chi connectivity index (χ1) is 15.8. The molecule has 3 rings (SSSR count). The monoisotopic (exact) mass is 452 g/mol. The van der Waals surface area contributed by atoms with E-state index < -0.39 is 24.1 Å². The average molecular weight is 453 g/mol. The number of carboxylic acids is 1. The molecular formula is C26H32N2O5. The Morgan fingerprint density at radius 1 is 0.939 bits per heavy atom. The fraction of sp³-hybridized carbons (Fsp3) is 0.423. The van der Waals surface area contributed by atoms with E-state index in [2.05, 4.69) is 34.9 Å². The molecule has 3 N–H and O–H groups in total. The summed E-state index contributed by atoms with van der Waals surface area (Å²) in [5.74, 6) is -1.30. The highest BCUT2D eigenvalue weighted by atomic mass is 16.5. The SMILES string of the molecule is CC[C@H](CC(=O)N[C@H](CC(=O)O)C(C)C)NC(=O)OCC1c2ccccc2-c2ccccc21. The van der Waals surface area contributed by atoms with Crippen LogP contribution in [0.5, 0.6) is 0 Å². The summed E-state index contributed by atoms with van der Waals surface area (Å²) in [5.41, 5.74) is 4.59. The van der Waals surface area contributed by atoms with Crippen LogP contribution in [0.4, 0.5) is 4.79 Å². The molecule has 0 unspecified atom stereocenters. The Balaban J connectivity index is 1.55. The quantitative estimate of drug-likeness (QED) is 0.498. The second kappa shape index (κ2) is 11.0. The number of carbonyl (C=O) groups excluding carboxylic acids is 2. The molecule has 7 nitrogen and oxygen atoms in total. The zero-order valence-corrected chi connectivity index (χ0v) is 19.3. The second-order valence-corrected chi connectivity index (χ2v) is 8.80. The van der Waals surface area contributed by atoms with Crippen molar-refractivity contribution < 1.29 is 24.2 Å². The van der Waals surface area contributed by atoms with Gasteiger partial charge >= 0.3 is 12.1 Å². The first-order valence-electron chi connectivity index (χ1n) is 11.4. The van der Waals surface area contributed by atoms with Crippen LogP contribution < -0.4 is 10.6 Å². The number of aliphatic carboxylic acids is 1. The number of fused-ring (bicyclic) bond motifs is 3. The number of amides is 2. The molecule has 1 aliphatic carbocycles. The molecule has 7 heteroatoms. The van der Waals surface area contributed by atoms with Crippen molar-refractivity contribution in [3.8, 4) is 11.1 Å². The molecule has 0 heterocycles. The number of rotatable bonds is 10. The molecule has 1 aliphatic rings. The normalized spacial score (nSPS) is 14.2. The minimum atomic E-state index is -0.960. The van der Waals surface area contributed by atoms with Crippen molar-refractivity contribution >= 4 is 18.0 Å². The number of ether oxygens (including phenoxy) is 1. The Hall–Kier alpha value is -3.35. The summed E-state index contributed by atoms with van der Waals surface area (Å²) in [5, 5.41) is 14.6. The van der Waals surface area contributed by atoms with E-state index >= 15 is 0 Å². The van der Waals surface area contributed by atoms with Crippen LogP contribution >= 0.6 is 0 Å². The summed E-state index contributed by atoms with van der Waals surface area (Å²) in [6, 6.07) is 15.4. The molecule has 2 atom stereocenters. The summed E-state index contributed by atoms with van der Waals surface area (Å²) in [7, 11) is 0. The number of hydrogen-bond donors (Lipinski definition) is 3. The van der Waals surface area contributed by atoms with Gasteiger partial charge in [-0.1, -0.05) is 69.3 Å². The number of nitrogens with one attached hydrogen (secondary N) is 2. The van der Waals surface area contributed by atoms with Crippen molar-refractivity contribution in [2.24, 2.45) is 5.92 Å². The largest absolute Gasteiger partial charge is 0.481 e. The number of benzene rings is 2. The Labute approximate surface area is 194 Å². The molecule has 0 saturated heterocycles. The zero-order chi connectivity index (χ0) is 24.0. The van der Waals surface area contributed by atoms with Gasteiger partial charge in [0.15, 0.2) is 0 Å². The maximum Gasteiger partial charge on any atom is 0.407 e. The van der Waals surface area contributed by atoms with E-state index in [1.165, 1.54) is 0 Å². The topological polar surface area (TPSA) is 105 Å². The fourth-order valence-electron chi connectivity index (χ4n) is 4.24. The lowest BCUT2D eigenvalue weighted by molar-refractivity contribution is -0.138. The van der Waals surface area contributed by atoms with E-state index in [0.29, 0.717) is 6.42 Å². The van der Waals surface area contributed by atoms with E-state index in [1.54, 1.807) is 0 Å². The molecule has 0 spiro atoms. The van der Waals surface area contributed by atoms with Crippen LogP contribution in [0.15, 0.2) is 48.5 Å². The molecule has 0 radical (unpaired) electrons. The summed E-state index contributed by atoms with van der Waals surface area (Å²) in [6.45, 7) is 5.80. The van der Waals surface area contributed by atoms with Crippen molar-refractivity contribution in [3.63, 3.8) is 0 Å². The minimum Gasteiger partial charge on any atom is -0.481 e. The van der Waals surface area contributed by atoms with Crippen molar-refractivity contribution in [2.45, 2.75) is 58.0 Å². The van der Waals surface area contributed by atoms with Crippen molar-refractivity contribution in [2.75, 3.05) is 6.61 Å². The van der Waals surface area contributed by atoms with Gasteiger partial charge in [0.2, 0.25) is 5.91 Å². The van der Waals surface area contributed by atoms with Crippen molar-refractivity contribution in [3.05, 3.63) is 59.7 Å². The number of carbonyl (C=O) groups is 3. The highest BCUT2D eigenvalue weighted by molar-refractivity contribution is 5.80. The van der Waals surface area contributed by atoms with Crippen molar-refractivity contribution in [1.29, 1.82) is 0 Å². The molecule has 176 valence electrons. The molecule has 0 aromatic heterocycles. The maximum absolute atomic E-state index is 12.5. The lowest BCUT2D eigenvalue weighted by Crippen LogP contribution is -2.44. The Bertz CT molecular complexity index is 958. The van der Waals surface area contributed by atoms with Gasteiger partial charge in [0.05, 0.1) is 6.42 Å². The molecule has 0 saturated carbocycles. The third kappa shape index (κ3) is 6.12. The summed E-state index contributed by atoms with van der Waals surface area (Å²) in [6.07, 6.45) is -0.102. The molecule has 0 fully saturated rings. The van der Waals surface area contributed by atoms with Crippen LogP contribution in [0.3, 0.4) is 0 Å². The molecule has 2 aromatic rings. The maximum atomic E-state index is 12.5. The van der Waals surface area contributed by atoms with Crippen LogP contribution in [-0.2, 0) is 14.3 Å². The summed E-state index contributed by atoms with van der Waals surface area (Å²) >= 11 is 0. The van der Waals surface area contributed by atoms with E-state index in [9.17, 15) is 14.4 Å². The Kier molecular flexibility index (Phi) is 8.09. The van der Waals surface area contributed by atoms with Gasteiger partial charge in [0.25, 0.3) is 0 Å². The first-order valence-corrected chi connectivity index (χ1v) is 11.4. The van der Waals surface area contributed by atoms with Crippen LogP contribution in [0.1, 0.15) is 57.1 Å². The van der Waals surface area contributed by atoms with Gasteiger partial charge in [0.1, 0.15) is 6.61 Å². The van der Waals surface area contributed by atoms with Crippen LogP contribution in [0.25, 0.3) is 11.1 Å². The Morgan fingerprint density at radius 3 is 2.03 bits per heavy atom. The van der Waals surface area contributed by atoms with Gasteiger partial charge in [0, 0.05) is 24.4 Å². The van der Waals surface area contributed by atoms with E-state index in [1.807, 2.05) is 45.0 Å². The highest BCUT2D eigenvalue weighted by Crippen LogP contribution is 2.44. The number of hydrogen-bond acceptors (Lipinski definition) is 4. The standard InChI is InChI=1S/C26H32N2O5/c1-4-17(13-24(29)28-23(16(2)3)14-25(30)31)27-26(32)33-15-22-20-11-7-5-9-18(20)19-10-6-8-12-21(19)22/h5-12,16-17,22-23H,4,13-15H2,1-3H3,(H,27,32)(H,28,29)(H,30,31)/t17-,23-/m1/s1. The molecule has 2 amide bonds. The minimum absolute atomic E-state index is 0.0137. The second-order valence-electron chi connectivity index (χ2n) is 8.80. The van der Waals surface area contributed by atoms with Gasteiger partial charge in [-0.05, 0) is 34.6 Å². The molecular weight excluding hydrogens is 420 g/mol. The van der Waals surface area contributed by atoms with Gasteiger partial charge in [-0.3, -0.25) is 9.59 Å². The van der Waals surface area contributed by atoms with Crippen molar-refractivity contribution in [1.82, 2.24) is 10.6 Å². The molecule has 0 bridgehead atoms. The Morgan fingerprint density at radius 2 is 1.52 bits per heavy atom. The molecule has 2 aromatic carbocycles. The predicted octanol–water partition coefficient (Wildman–Crippen LogP) is 4.31. The first kappa shape index (κ1) is 24.3. The van der Waals surface area contributed by atoms with Gasteiger partial charge in [-0.25, -0.2) is 4.79 Å². The lowest BCUT2D eigenvalue weighted by Gasteiger charge is -2.23. The fourth-order valence-corrected chi connectivity index (χ4v) is 4.24. The summed E-state index contributed by atoms with van der Waals surface area (Å²) in [4.78, 5) is 36.0. The number of carboxylic acid groups (broad SMARTS) is 1. The summed E-state index contributed by atoms with van der Waals surface area (Å²) < 4.78 is 5.57. The van der Waals surface area contributed by atoms with Gasteiger partial charge in [-0.15, -0.1) is 0 Å². The van der Waals surface area contributed by atoms with Crippen LogP contribution in [0.2, 0.25) is 0 Å². The molecule has 33 heavy (non-hydrogen) atoms. The predicted molar refractivity (Wildman–Crippen MR) is 126 cm³/mol. The van der Waals surface area contributed by atoms with E-state index in [-0.39, 0.29) is 37.2 Å². The van der Waals surface area contributed by atoms with Crippen LogP contribution in [-0.4, -0.2) is 41.8 Å². The van der Waals surface area contributed by atoms with E-state index in [4.69, 9.17) is 9.84 Å². The van der Waals surface area contributed by atoms with Gasteiger partial charge in [-0.2, -0.15) is 0 Å². The number of alkyl carbamates (subject to hydrolysis) is 1. The average Bonchev–Trinajstić information content (AvgIpc) is 3.10. The highest BCUT2D eigenvalue weighted by Gasteiger charge is 2.29. The zero-order valence-electron chi connectivity index (χ0n) is 19.3. The van der Waals surface area contributed by atoms with Gasteiger partial charge < -0.3 is 20.5 Å². The van der Waals surface area contributed by atoms with E-state index in [0.717, 1.165) is 22.3 Å². The third-order valence-corrected chi connectivity index (χ3v) is 6.14.